The maximum atomic E-state index is 12.9. The highest BCUT2D eigenvalue weighted by Gasteiger charge is 2.37. The van der Waals surface area contributed by atoms with E-state index in [4.69, 9.17) is 0 Å². The number of carbonyl (C=O) groups excluding carboxylic acids is 1. The lowest BCUT2D eigenvalue weighted by Gasteiger charge is -2.37. The average Bonchev–Trinajstić information content (AvgIpc) is 2.98. The molecule has 134 valence electrons. The topological polar surface area (TPSA) is 71.2 Å². The van der Waals surface area contributed by atoms with Gasteiger partial charge in [-0.15, -0.1) is 0 Å². The van der Waals surface area contributed by atoms with Gasteiger partial charge in [-0.3, -0.25) is 14.5 Å². The lowest BCUT2D eigenvalue weighted by molar-refractivity contribution is -0.0246. The zero-order valence-corrected chi connectivity index (χ0v) is 15.4. The van der Waals surface area contributed by atoms with E-state index in [0.717, 1.165) is 5.69 Å². The molecule has 0 aliphatic carbocycles. The fraction of sp³-hybridized carbons (Fsp3) is 0.526. The third kappa shape index (κ3) is 3.44. The van der Waals surface area contributed by atoms with Crippen molar-refractivity contribution in [3.8, 4) is 0 Å². The highest BCUT2D eigenvalue weighted by atomic mass is 16.3. The number of rotatable bonds is 2. The van der Waals surface area contributed by atoms with Gasteiger partial charge in [-0.05, 0) is 31.0 Å². The molecular formula is C19H26N4O2. The maximum absolute atomic E-state index is 12.9. The van der Waals surface area contributed by atoms with E-state index in [1.807, 2.05) is 24.3 Å². The molecule has 1 saturated heterocycles. The third-order valence-corrected chi connectivity index (χ3v) is 4.89. The van der Waals surface area contributed by atoms with Gasteiger partial charge in [0, 0.05) is 31.7 Å². The van der Waals surface area contributed by atoms with E-state index in [9.17, 15) is 9.90 Å². The Balaban J connectivity index is 1.73. The van der Waals surface area contributed by atoms with E-state index in [0.29, 0.717) is 37.3 Å². The average molecular weight is 342 g/mol. The molecule has 0 spiro atoms. The second kappa shape index (κ2) is 6.26. The molecule has 0 atom stereocenters. The number of pyridine rings is 1. The van der Waals surface area contributed by atoms with Crippen LogP contribution in [0.5, 0.6) is 0 Å². The SMILES string of the molecule is Cn1nc(C(C)(C)C)cc1C(=O)N1CCC(O)(c2ccccn2)CC1. The summed E-state index contributed by atoms with van der Waals surface area (Å²) in [5, 5.41) is 15.3. The number of hydrogen-bond donors (Lipinski definition) is 1. The summed E-state index contributed by atoms with van der Waals surface area (Å²) in [6, 6.07) is 7.43. The van der Waals surface area contributed by atoms with Crippen molar-refractivity contribution in [1.82, 2.24) is 19.7 Å². The largest absolute Gasteiger partial charge is 0.383 e. The minimum absolute atomic E-state index is 0.0337. The fourth-order valence-electron chi connectivity index (χ4n) is 3.17. The van der Waals surface area contributed by atoms with Gasteiger partial charge in [-0.2, -0.15) is 5.10 Å². The van der Waals surface area contributed by atoms with Crippen LogP contribution >= 0.6 is 0 Å². The standard InChI is InChI=1S/C19H26N4O2/c1-18(2,3)16-13-14(22(4)21-16)17(24)23-11-8-19(25,9-12-23)15-7-5-6-10-20-15/h5-7,10,13,25H,8-9,11-12H2,1-4H3. The van der Waals surface area contributed by atoms with Crippen molar-refractivity contribution in [1.29, 1.82) is 0 Å². The van der Waals surface area contributed by atoms with E-state index >= 15 is 0 Å². The van der Waals surface area contributed by atoms with Crippen molar-refractivity contribution in [3.05, 3.63) is 47.5 Å². The summed E-state index contributed by atoms with van der Waals surface area (Å²) >= 11 is 0. The second-order valence-corrected chi connectivity index (χ2v) is 7.83. The van der Waals surface area contributed by atoms with Crippen molar-refractivity contribution >= 4 is 5.91 Å². The first kappa shape index (κ1) is 17.6. The molecule has 1 fully saturated rings. The minimum Gasteiger partial charge on any atom is -0.383 e. The minimum atomic E-state index is -0.957. The number of nitrogens with zero attached hydrogens (tertiary/aromatic N) is 4. The molecule has 0 radical (unpaired) electrons. The number of carbonyl (C=O) groups is 1. The van der Waals surface area contributed by atoms with Gasteiger partial charge < -0.3 is 10.0 Å². The Hall–Kier alpha value is -2.21. The molecule has 3 rings (SSSR count). The fourth-order valence-corrected chi connectivity index (χ4v) is 3.17. The number of aryl methyl sites for hydroxylation is 1. The Kier molecular flexibility index (Phi) is 4.41. The Morgan fingerprint density at radius 1 is 1.24 bits per heavy atom. The van der Waals surface area contributed by atoms with Gasteiger partial charge in [0.25, 0.3) is 5.91 Å². The Labute approximate surface area is 148 Å². The van der Waals surface area contributed by atoms with E-state index in [-0.39, 0.29) is 11.3 Å². The summed E-state index contributed by atoms with van der Waals surface area (Å²) < 4.78 is 1.66. The number of hydrogen-bond acceptors (Lipinski definition) is 4. The molecule has 6 heteroatoms. The van der Waals surface area contributed by atoms with Gasteiger partial charge in [0.1, 0.15) is 11.3 Å². The number of likely N-dealkylation sites (tertiary alicyclic amines) is 1. The summed E-state index contributed by atoms with van der Waals surface area (Å²) in [7, 11) is 1.80. The third-order valence-electron chi connectivity index (χ3n) is 4.89. The van der Waals surface area contributed by atoms with Crippen LogP contribution in [-0.4, -0.2) is 43.8 Å². The van der Waals surface area contributed by atoms with Gasteiger partial charge in [-0.1, -0.05) is 26.8 Å². The molecule has 6 nitrogen and oxygen atoms in total. The summed E-state index contributed by atoms with van der Waals surface area (Å²) in [6.07, 6.45) is 2.66. The van der Waals surface area contributed by atoms with E-state index in [1.165, 1.54) is 0 Å². The first-order valence-electron chi connectivity index (χ1n) is 8.68. The lowest BCUT2D eigenvalue weighted by Crippen LogP contribution is -2.45. The van der Waals surface area contributed by atoms with Gasteiger partial charge in [-0.25, -0.2) is 0 Å². The Bertz CT molecular complexity index is 753. The zero-order valence-electron chi connectivity index (χ0n) is 15.4. The smallest absolute Gasteiger partial charge is 0.272 e. The molecule has 1 aliphatic rings. The van der Waals surface area contributed by atoms with Crippen molar-refractivity contribution in [3.63, 3.8) is 0 Å². The predicted molar refractivity (Wildman–Crippen MR) is 95.2 cm³/mol. The van der Waals surface area contributed by atoms with Gasteiger partial charge in [0.15, 0.2) is 0 Å². The van der Waals surface area contributed by atoms with Crippen LogP contribution in [0.3, 0.4) is 0 Å². The molecule has 0 unspecified atom stereocenters. The van der Waals surface area contributed by atoms with E-state index in [1.54, 1.807) is 22.8 Å². The molecule has 2 aromatic rings. The van der Waals surface area contributed by atoms with E-state index in [2.05, 4.69) is 30.9 Å². The highest BCUT2D eigenvalue weighted by molar-refractivity contribution is 5.92. The summed E-state index contributed by atoms with van der Waals surface area (Å²) in [6.45, 7) is 7.25. The zero-order chi connectivity index (χ0) is 18.2. The number of piperidine rings is 1. The predicted octanol–water partition coefficient (Wildman–Crippen LogP) is 2.24. The highest BCUT2D eigenvalue weighted by Crippen LogP contribution is 2.32. The van der Waals surface area contributed by atoms with Crippen molar-refractivity contribution < 1.29 is 9.90 Å². The lowest BCUT2D eigenvalue weighted by atomic mass is 9.87. The number of amides is 1. The molecular weight excluding hydrogens is 316 g/mol. The summed E-state index contributed by atoms with van der Waals surface area (Å²) in [5.74, 6) is -0.0337. The molecule has 1 N–H and O–H groups in total. The molecule has 1 aliphatic heterocycles. The van der Waals surface area contributed by atoms with Crippen LogP contribution in [0.15, 0.2) is 30.5 Å². The van der Waals surface area contributed by atoms with Crippen LogP contribution in [-0.2, 0) is 18.1 Å². The van der Waals surface area contributed by atoms with Crippen LogP contribution in [0, 0.1) is 0 Å². The normalized spacial score (nSPS) is 17.6. The molecule has 25 heavy (non-hydrogen) atoms. The molecule has 3 heterocycles. The van der Waals surface area contributed by atoms with Crippen molar-refractivity contribution in [2.24, 2.45) is 7.05 Å². The molecule has 2 aromatic heterocycles. The summed E-state index contributed by atoms with van der Waals surface area (Å²) in [5.41, 5.74) is 1.12. The number of aromatic nitrogens is 3. The van der Waals surface area contributed by atoms with Gasteiger partial charge >= 0.3 is 0 Å². The van der Waals surface area contributed by atoms with Crippen LogP contribution < -0.4 is 0 Å². The van der Waals surface area contributed by atoms with Gasteiger partial charge in [0.2, 0.25) is 0 Å². The van der Waals surface area contributed by atoms with Crippen LogP contribution in [0.4, 0.5) is 0 Å². The van der Waals surface area contributed by atoms with Crippen molar-refractivity contribution in [2.75, 3.05) is 13.1 Å². The maximum Gasteiger partial charge on any atom is 0.272 e. The van der Waals surface area contributed by atoms with Crippen LogP contribution in [0.1, 0.15) is 55.5 Å². The summed E-state index contributed by atoms with van der Waals surface area (Å²) in [4.78, 5) is 18.9. The van der Waals surface area contributed by atoms with Crippen molar-refractivity contribution in [2.45, 2.75) is 44.6 Å². The first-order valence-corrected chi connectivity index (χ1v) is 8.68. The second-order valence-electron chi connectivity index (χ2n) is 7.83. The Morgan fingerprint density at radius 2 is 1.92 bits per heavy atom. The quantitative estimate of drug-likeness (QED) is 0.908. The molecule has 0 aromatic carbocycles. The molecule has 0 bridgehead atoms. The Morgan fingerprint density at radius 3 is 2.44 bits per heavy atom. The monoisotopic (exact) mass is 342 g/mol. The van der Waals surface area contributed by atoms with Crippen LogP contribution in [0.25, 0.3) is 0 Å². The molecule has 0 saturated carbocycles. The molecule has 1 amide bonds. The van der Waals surface area contributed by atoms with E-state index < -0.39 is 5.60 Å². The van der Waals surface area contributed by atoms with Crippen LogP contribution in [0.2, 0.25) is 0 Å². The van der Waals surface area contributed by atoms with Gasteiger partial charge in [0.05, 0.1) is 11.4 Å². The number of aliphatic hydroxyl groups is 1. The first-order chi connectivity index (χ1) is 11.7.